The van der Waals surface area contributed by atoms with Crippen LogP contribution in [0.25, 0.3) is 0 Å². The number of anilines is 1. The van der Waals surface area contributed by atoms with Crippen molar-refractivity contribution in [3.05, 3.63) is 23.2 Å². The fourth-order valence-electron chi connectivity index (χ4n) is 1.54. The topological polar surface area (TPSA) is 24.5 Å². The van der Waals surface area contributed by atoms with E-state index in [2.05, 4.69) is 15.7 Å². The van der Waals surface area contributed by atoms with Gasteiger partial charge < -0.3 is 10.1 Å². The Hall–Kier alpha value is -0.420. The third kappa shape index (κ3) is 3.04. The summed E-state index contributed by atoms with van der Waals surface area (Å²) in [6, 6.07) is 6.04. The lowest BCUT2D eigenvalue weighted by atomic mass is 10.3. The zero-order chi connectivity index (χ0) is 11.4. The number of ether oxygens (including phenoxy) is 1. The predicted octanol–water partition coefficient (Wildman–Crippen LogP) is 2.72. The molecule has 0 aromatic heterocycles. The van der Waals surface area contributed by atoms with Gasteiger partial charge in [-0.3, -0.25) is 0 Å². The minimum atomic E-state index is 0.758. The van der Waals surface area contributed by atoms with E-state index in [0.717, 1.165) is 37.0 Å². The predicted molar refractivity (Wildman–Crippen MR) is 69.2 cm³/mol. The van der Waals surface area contributed by atoms with Crippen molar-refractivity contribution in [2.75, 3.05) is 38.7 Å². The zero-order valence-electron chi connectivity index (χ0n) is 9.20. The highest BCUT2D eigenvalue weighted by Gasteiger charge is 2.12. The van der Waals surface area contributed by atoms with Crippen molar-refractivity contribution in [3.63, 3.8) is 0 Å². The molecular weight excluding hydrogens is 244 g/mol. The number of hydrogen-bond acceptors (Lipinski definition) is 4. The summed E-state index contributed by atoms with van der Waals surface area (Å²) in [5, 5.41) is 3.84. The van der Waals surface area contributed by atoms with Crippen LogP contribution in [0.5, 0.6) is 0 Å². The molecule has 2 rings (SSSR count). The van der Waals surface area contributed by atoms with Gasteiger partial charge in [0.1, 0.15) is 0 Å². The van der Waals surface area contributed by atoms with Gasteiger partial charge >= 0.3 is 0 Å². The van der Waals surface area contributed by atoms with E-state index in [1.54, 1.807) is 11.9 Å². The van der Waals surface area contributed by atoms with E-state index in [1.807, 2.05) is 19.2 Å². The number of hydrogen-bond donors (Lipinski definition) is 1. The van der Waals surface area contributed by atoms with E-state index >= 15 is 0 Å². The molecule has 0 saturated carbocycles. The quantitative estimate of drug-likeness (QED) is 0.843. The van der Waals surface area contributed by atoms with Crippen LogP contribution in [0.15, 0.2) is 23.1 Å². The second kappa shape index (κ2) is 5.77. The van der Waals surface area contributed by atoms with Gasteiger partial charge in [-0.25, -0.2) is 4.31 Å². The normalized spacial score (nSPS) is 17.4. The SMILES string of the molecule is CNc1cc(SN2CCOCC2)ccc1Cl. The fourth-order valence-corrected chi connectivity index (χ4v) is 2.68. The Morgan fingerprint density at radius 1 is 1.38 bits per heavy atom. The molecule has 1 saturated heterocycles. The zero-order valence-corrected chi connectivity index (χ0v) is 10.8. The number of nitrogens with one attached hydrogen (secondary N) is 1. The molecular formula is C11H15ClN2OS. The number of benzene rings is 1. The van der Waals surface area contributed by atoms with Crippen LogP contribution < -0.4 is 5.32 Å². The van der Waals surface area contributed by atoms with Gasteiger partial charge in [-0.2, -0.15) is 0 Å². The van der Waals surface area contributed by atoms with E-state index < -0.39 is 0 Å². The summed E-state index contributed by atoms with van der Waals surface area (Å²) >= 11 is 7.79. The third-order valence-corrected chi connectivity index (χ3v) is 3.83. The molecule has 0 atom stereocenters. The van der Waals surface area contributed by atoms with Crippen molar-refractivity contribution in [1.82, 2.24) is 4.31 Å². The second-order valence-electron chi connectivity index (χ2n) is 3.52. The maximum Gasteiger partial charge on any atom is 0.0638 e. The van der Waals surface area contributed by atoms with Crippen molar-refractivity contribution < 1.29 is 4.74 Å². The van der Waals surface area contributed by atoms with Crippen molar-refractivity contribution in [3.8, 4) is 0 Å². The van der Waals surface area contributed by atoms with E-state index in [4.69, 9.17) is 16.3 Å². The Balaban J connectivity index is 2.03. The van der Waals surface area contributed by atoms with E-state index in [0.29, 0.717) is 0 Å². The van der Waals surface area contributed by atoms with Gasteiger partial charge in [-0.15, -0.1) is 0 Å². The lowest BCUT2D eigenvalue weighted by Gasteiger charge is -2.25. The minimum absolute atomic E-state index is 0.758. The first-order valence-electron chi connectivity index (χ1n) is 5.27. The summed E-state index contributed by atoms with van der Waals surface area (Å²) in [4.78, 5) is 1.20. The Labute approximate surface area is 105 Å². The van der Waals surface area contributed by atoms with Crippen LogP contribution in [0.3, 0.4) is 0 Å². The van der Waals surface area contributed by atoms with Crippen LogP contribution in [0.2, 0.25) is 5.02 Å². The van der Waals surface area contributed by atoms with Gasteiger partial charge in [0, 0.05) is 25.0 Å². The number of halogens is 1. The van der Waals surface area contributed by atoms with Gasteiger partial charge in [-0.1, -0.05) is 11.6 Å². The molecule has 0 spiro atoms. The molecule has 16 heavy (non-hydrogen) atoms. The van der Waals surface area contributed by atoms with Crippen molar-refractivity contribution in [2.45, 2.75) is 4.90 Å². The largest absolute Gasteiger partial charge is 0.387 e. The fraction of sp³-hybridized carbons (Fsp3) is 0.455. The minimum Gasteiger partial charge on any atom is -0.387 e. The van der Waals surface area contributed by atoms with Crippen LogP contribution in [0.1, 0.15) is 0 Å². The number of rotatable bonds is 3. The van der Waals surface area contributed by atoms with Gasteiger partial charge in [0.15, 0.2) is 0 Å². The molecule has 0 bridgehead atoms. The van der Waals surface area contributed by atoms with E-state index in [1.165, 1.54) is 4.90 Å². The lowest BCUT2D eigenvalue weighted by Crippen LogP contribution is -2.30. The molecule has 1 N–H and O–H groups in total. The first kappa shape index (κ1) is 12.0. The second-order valence-corrected chi connectivity index (χ2v) is 5.10. The summed E-state index contributed by atoms with van der Waals surface area (Å²) in [5.41, 5.74) is 0.972. The highest BCUT2D eigenvalue weighted by atomic mass is 35.5. The van der Waals surface area contributed by atoms with Crippen LogP contribution >= 0.6 is 23.5 Å². The van der Waals surface area contributed by atoms with Gasteiger partial charge in [0.2, 0.25) is 0 Å². The van der Waals surface area contributed by atoms with Crippen LogP contribution in [-0.4, -0.2) is 37.7 Å². The molecule has 1 fully saturated rings. The van der Waals surface area contributed by atoms with Gasteiger partial charge in [0.05, 0.1) is 23.9 Å². The lowest BCUT2D eigenvalue weighted by molar-refractivity contribution is 0.0773. The molecule has 0 amide bonds. The summed E-state index contributed by atoms with van der Waals surface area (Å²) in [6.07, 6.45) is 0. The van der Waals surface area contributed by atoms with E-state index in [-0.39, 0.29) is 0 Å². The highest BCUT2D eigenvalue weighted by Crippen LogP contribution is 2.30. The molecule has 0 aliphatic carbocycles. The molecule has 1 aromatic rings. The Bertz CT molecular complexity index is 356. The molecule has 88 valence electrons. The molecule has 5 heteroatoms. The Morgan fingerprint density at radius 2 is 2.12 bits per heavy atom. The molecule has 0 radical (unpaired) electrons. The molecule has 1 aromatic carbocycles. The maximum atomic E-state index is 6.03. The standard InChI is InChI=1S/C11H15ClN2OS/c1-13-11-8-9(2-3-10(11)12)16-14-4-6-15-7-5-14/h2-3,8,13H,4-7H2,1H3. The Morgan fingerprint density at radius 3 is 2.81 bits per heavy atom. The number of nitrogens with zero attached hydrogens (tertiary/aromatic N) is 1. The average Bonchev–Trinajstić information content (AvgIpc) is 2.33. The Kier molecular flexibility index (Phi) is 4.35. The number of morpholine rings is 1. The monoisotopic (exact) mass is 258 g/mol. The first-order valence-corrected chi connectivity index (χ1v) is 6.42. The van der Waals surface area contributed by atoms with E-state index in [9.17, 15) is 0 Å². The molecule has 1 heterocycles. The molecule has 1 aliphatic heterocycles. The summed E-state index contributed by atoms with van der Waals surface area (Å²) in [7, 11) is 1.88. The van der Waals surface area contributed by atoms with Crippen LogP contribution in [0, 0.1) is 0 Å². The summed E-state index contributed by atoms with van der Waals surface area (Å²) in [6.45, 7) is 3.59. The van der Waals surface area contributed by atoms with Crippen molar-refractivity contribution >= 4 is 29.2 Å². The first-order chi connectivity index (χ1) is 7.79. The molecule has 3 nitrogen and oxygen atoms in total. The smallest absolute Gasteiger partial charge is 0.0638 e. The van der Waals surface area contributed by atoms with Gasteiger partial charge in [-0.05, 0) is 30.1 Å². The van der Waals surface area contributed by atoms with Crippen molar-refractivity contribution in [2.24, 2.45) is 0 Å². The summed E-state index contributed by atoms with van der Waals surface area (Å²) < 4.78 is 7.62. The van der Waals surface area contributed by atoms with Crippen LogP contribution in [-0.2, 0) is 4.74 Å². The average molecular weight is 259 g/mol. The highest BCUT2D eigenvalue weighted by molar-refractivity contribution is 7.97. The molecule has 1 aliphatic rings. The van der Waals surface area contributed by atoms with Gasteiger partial charge in [0.25, 0.3) is 0 Å². The maximum absolute atomic E-state index is 6.03. The molecule has 0 unspecified atom stereocenters. The van der Waals surface area contributed by atoms with Crippen molar-refractivity contribution in [1.29, 1.82) is 0 Å². The summed E-state index contributed by atoms with van der Waals surface area (Å²) in [5.74, 6) is 0. The third-order valence-electron chi connectivity index (χ3n) is 2.41. The van der Waals surface area contributed by atoms with Crippen LogP contribution in [0.4, 0.5) is 5.69 Å².